The molecule has 4 heterocycles. The Morgan fingerprint density at radius 2 is 0.633 bits per heavy atom. The molecule has 0 aromatic rings. The molecule has 0 aliphatic carbocycles. The fraction of sp³-hybridized carbons (Fsp3) is 0.833. The second-order valence-corrected chi connectivity index (χ2v) is 11.3. The highest BCUT2D eigenvalue weighted by molar-refractivity contribution is 5.75. The fourth-order valence-corrected chi connectivity index (χ4v) is 5.43. The summed E-state index contributed by atoms with van der Waals surface area (Å²) in [7, 11) is 0. The monoisotopic (exact) mass is 722 g/mol. The largest absolute Gasteiger partial charge is 0.479 e. The van der Waals surface area contributed by atoms with E-state index < -0.39 is 147 Å². The molecule has 280 valence electrons. The van der Waals surface area contributed by atoms with Crippen molar-refractivity contribution in [1.82, 2.24) is 0 Å². The van der Waals surface area contributed by atoms with Gasteiger partial charge in [0.15, 0.2) is 49.6 Å². The van der Waals surface area contributed by atoms with Crippen LogP contribution in [0.5, 0.6) is 0 Å². The summed E-state index contributed by atoms with van der Waals surface area (Å²) in [6, 6.07) is 0. The molecule has 25 nitrogen and oxygen atoms in total. The summed E-state index contributed by atoms with van der Waals surface area (Å²) in [5.41, 5.74) is 0. The van der Waals surface area contributed by atoms with Crippen molar-refractivity contribution in [3.63, 3.8) is 0 Å². The molecule has 0 amide bonds. The van der Waals surface area contributed by atoms with Gasteiger partial charge in [-0.1, -0.05) is 0 Å². The van der Waals surface area contributed by atoms with E-state index in [4.69, 9.17) is 28.4 Å². The maximum absolute atomic E-state index is 12.1. The Labute approximate surface area is 271 Å². The summed E-state index contributed by atoms with van der Waals surface area (Å²) in [6.45, 7) is 0. The van der Waals surface area contributed by atoms with Crippen LogP contribution in [-0.2, 0) is 52.3 Å². The van der Waals surface area contributed by atoms with Crippen LogP contribution in [0.15, 0.2) is 0 Å². The van der Waals surface area contributed by atoms with Gasteiger partial charge in [-0.2, -0.15) is 0 Å². The van der Waals surface area contributed by atoms with Crippen molar-refractivity contribution in [2.75, 3.05) is 0 Å². The van der Waals surface area contributed by atoms with Gasteiger partial charge < -0.3 is 105 Å². The molecule has 0 aromatic heterocycles. The maximum atomic E-state index is 12.1. The third-order valence-electron chi connectivity index (χ3n) is 8.07. The van der Waals surface area contributed by atoms with E-state index in [-0.39, 0.29) is 0 Å². The number of carboxylic acids is 4. The highest BCUT2D eigenvalue weighted by Gasteiger charge is 2.58. The van der Waals surface area contributed by atoms with Crippen molar-refractivity contribution < 1.29 is 124 Å². The van der Waals surface area contributed by atoms with Gasteiger partial charge in [0, 0.05) is 0 Å². The predicted molar refractivity (Wildman–Crippen MR) is 136 cm³/mol. The van der Waals surface area contributed by atoms with E-state index in [9.17, 15) is 90.7 Å². The summed E-state index contributed by atoms with van der Waals surface area (Å²) in [6.07, 6.45) is -45.8. The molecule has 4 aliphatic rings. The molecule has 14 N–H and O–H groups in total. The van der Waals surface area contributed by atoms with Crippen molar-refractivity contribution in [2.45, 2.75) is 123 Å². The van der Waals surface area contributed by atoms with Gasteiger partial charge in [0.25, 0.3) is 0 Å². The molecular weight excluding hydrogens is 688 g/mol. The molecule has 0 radical (unpaired) electrons. The Morgan fingerprint density at radius 1 is 0.347 bits per heavy atom. The first-order chi connectivity index (χ1) is 22.8. The number of aliphatic carboxylic acids is 4. The van der Waals surface area contributed by atoms with E-state index >= 15 is 0 Å². The van der Waals surface area contributed by atoms with Gasteiger partial charge >= 0.3 is 23.9 Å². The molecule has 25 heteroatoms. The van der Waals surface area contributed by atoms with Crippen molar-refractivity contribution in [3.8, 4) is 0 Å². The number of carboxylic acid groups (broad SMARTS) is 4. The first kappa shape index (κ1) is 39.0. The molecule has 0 aromatic carbocycles. The lowest BCUT2D eigenvalue weighted by molar-refractivity contribution is -0.378. The van der Waals surface area contributed by atoms with Crippen LogP contribution < -0.4 is 0 Å². The van der Waals surface area contributed by atoms with Crippen LogP contribution in [0.25, 0.3) is 0 Å². The minimum absolute atomic E-state index is 1.84. The number of rotatable bonds is 10. The van der Waals surface area contributed by atoms with Gasteiger partial charge in [0.2, 0.25) is 0 Å². The lowest BCUT2D eigenvalue weighted by Crippen LogP contribution is -2.68. The zero-order chi connectivity index (χ0) is 36.8. The smallest absolute Gasteiger partial charge is 0.335 e. The molecule has 0 saturated carbocycles. The molecule has 4 fully saturated rings. The van der Waals surface area contributed by atoms with Gasteiger partial charge in [-0.25, -0.2) is 19.2 Å². The lowest BCUT2D eigenvalue weighted by atomic mass is 9.95. The number of hydrogen-bond donors (Lipinski definition) is 14. The van der Waals surface area contributed by atoms with Crippen LogP contribution in [0.1, 0.15) is 0 Å². The summed E-state index contributed by atoms with van der Waals surface area (Å²) in [5, 5.41) is 141. The number of hydrogen-bond acceptors (Lipinski definition) is 21. The Hall–Kier alpha value is -2.80. The molecule has 4 saturated heterocycles. The molecule has 0 spiro atoms. The zero-order valence-corrected chi connectivity index (χ0v) is 24.3. The number of aliphatic hydroxyl groups excluding tert-OH is 10. The number of ether oxygens (including phenoxy) is 7. The van der Waals surface area contributed by atoms with Crippen molar-refractivity contribution in [3.05, 3.63) is 0 Å². The molecule has 4 rings (SSSR count). The summed E-state index contributed by atoms with van der Waals surface area (Å²) in [5.74, 6) is -7.64. The second kappa shape index (κ2) is 15.2. The third kappa shape index (κ3) is 7.62. The van der Waals surface area contributed by atoms with E-state index in [2.05, 4.69) is 4.74 Å². The van der Waals surface area contributed by atoms with Crippen LogP contribution in [0.4, 0.5) is 0 Å². The van der Waals surface area contributed by atoms with Crippen molar-refractivity contribution in [2.24, 2.45) is 0 Å². The Balaban J connectivity index is 1.51. The Morgan fingerprint density at radius 3 is 0.980 bits per heavy atom. The van der Waals surface area contributed by atoms with E-state index in [1.165, 1.54) is 0 Å². The van der Waals surface area contributed by atoms with Gasteiger partial charge in [-0.15, -0.1) is 0 Å². The average Bonchev–Trinajstić information content (AvgIpc) is 3.03. The van der Waals surface area contributed by atoms with Crippen LogP contribution in [0.2, 0.25) is 0 Å². The first-order valence-electron chi connectivity index (χ1n) is 14.1. The molecule has 0 unspecified atom stereocenters. The van der Waals surface area contributed by atoms with Gasteiger partial charge in [0.05, 0.1) is 0 Å². The minimum Gasteiger partial charge on any atom is -0.479 e. The maximum Gasteiger partial charge on any atom is 0.335 e. The van der Waals surface area contributed by atoms with Gasteiger partial charge in [0.1, 0.15) is 73.2 Å². The highest BCUT2D eigenvalue weighted by Crippen LogP contribution is 2.34. The topological polar surface area (TPSA) is 416 Å². The zero-order valence-electron chi connectivity index (χ0n) is 24.3. The molecule has 4 aliphatic heterocycles. The molecule has 0 bridgehead atoms. The van der Waals surface area contributed by atoms with E-state index in [1.54, 1.807) is 0 Å². The van der Waals surface area contributed by atoms with Crippen LogP contribution in [0, 0.1) is 0 Å². The second-order valence-electron chi connectivity index (χ2n) is 11.3. The lowest BCUT2D eigenvalue weighted by Gasteiger charge is -2.47. The van der Waals surface area contributed by atoms with Crippen LogP contribution in [-0.4, -0.2) is 218 Å². The Kier molecular flexibility index (Phi) is 12.1. The average molecular weight is 723 g/mol. The van der Waals surface area contributed by atoms with Gasteiger partial charge in [-0.3, -0.25) is 0 Å². The normalized spacial score (nSPS) is 49.2. The van der Waals surface area contributed by atoms with E-state index in [0.717, 1.165) is 0 Å². The molecule has 49 heavy (non-hydrogen) atoms. The van der Waals surface area contributed by atoms with Crippen molar-refractivity contribution >= 4 is 23.9 Å². The first-order valence-corrected chi connectivity index (χ1v) is 14.1. The van der Waals surface area contributed by atoms with Crippen molar-refractivity contribution in [1.29, 1.82) is 0 Å². The minimum atomic E-state index is -2.43. The highest BCUT2D eigenvalue weighted by atomic mass is 16.8. The Bertz CT molecular complexity index is 1220. The number of carbonyl (C=O) groups is 4. The molecular formula is C24H34O25. The van der Waals surface area contributed by atoms with E-state index in [1.807, 2.05) is 0 Å². The van der Waals surface area contributed by atoms with Gasteiger partial charge in [-0.05, 0) is 0 Å². The molecule has 20 atom stereocenters. The SMILES string of the molecule is O=C(O)[C@H]1O[C@H](O[C@@H]2[C@H](O)[C@@H](O)[C@@H](O[C@@H]3[C@H](O)[C@@H](O)[C@@H](O[C@@H]4[C@H](O)[C@@H](O)[C@H](O)O[C@@H]4C(=O)O)O[C@@H]3C(=O)O)O[C@@H]2C(=O)O)[C@H](O)[C@@H](O)[C@H]1O. The standard InChI is InChI=1S/C24H34O25/c25-1-2(26)13(17(34)35)47-22(7(1)31)45-11-4(28)9(33)24(49-15(11)19(38)39)46-12-5(29)8(32)23(48-16(12)20(40)41)44-10-3(27)6(30)21(42)43-14(10)18(36)37/h1-16,21-33,42H,(H,34,35)(H,36,37)(H,38,39)(H,40,41)/t1-,2+,3+,4+,5+,6+,7+,8+,9+,10+,11+,12+,13-,14-,15-,16-,21+,22-,23-,24-/m0/s1. The van der Waals surface area contributed by atoms with Crippen LogP contribution in [0.3, 0.4) is 0 Å². The fourth-order valence-electron chi connectivity index (χ4n) is 5.43. The third-order valence-corrected chi connectivity index (χ3v) is 8.07. The summed E-state index contributed by atoms with van der Waals surface area (Å²) >= 11 is 0. The summed E-state index contributed by atoms with van der Waals surface area (Å²) < 4.78 is 35.3. The predicted octanol–water partition coefficient (Wildman–Crippen LogP) is -9.38. The quantitative estimate of drug-likeness (QED) is 0.0995. The summed E-state index contributed by atoms with van der Waals surface area (Å²) in [4.78, 5) is 47.1. The number of aliphatic hydroxyl groups is 10. The van der Waals surface area contributed by atoms with Crippen LogP contribution >= 0.6 is 0 Å². The van der Waals surface area contributed by atoms with E-state index in [0.29, 0.717) is 0 Å².